The molecule has 5 rings (SSSR count). The number of fused-ring (bicyclic) bond motifs is 2. The van der Waals surface area contributed by atoms with Crippen LogP contribution in [0.4, 0.5) is 5.82 Å². The number of carbonyl (C=O) groups is 1. The Morgan fingerprint density at radius 2 is 1.97 bits per heavy atom. The van der Waals surface area contributed by atoms with E-state index in [4.69, 9.17) is 9.84 Å². The third-order valence-electron chi connectivity index (χ3n) is 5.48. The minimum absolute atomic E-state index is 0.0644. The van der Waals surface area contributed by atoms with Gasteiger partial charge in [-0.1, -0.05) is 25.1 Å². The summed E-state index contributed by atoms with van der Waals surface area (Å²) in [7, 11) is 0. The predicted molar refractivity (Wildman–Crippen MR) is 115 cm³/mol. The first-order chi connectivity index (χ1) is 15.1. The van der Waals surface area contributed by atoms with E-state index >= 15 is 0 Å². The number of benzene rings is 1. The molecule has 158 valence electrons. The van der Waals surface area contributed by atoms with Crippen molar-refractivity contribution in [1.82, 2.24) is 29.6 Å². The van der Waals surface area contributed by atoms with Gasteiger partial charge in [-0.25, -0.2) is 0 Å². The SMILES string of the molecule is CCCOc1ccccc1C1CC(=O)Nc2c1c(C)nn2-c1ccc2nnc(C)n2n1. The maximum atomic E-state index is 12.7. The molecular formula is C22H23N7O2. The van der Waals surface area contributed by atoms with Crippen LogP contribution in [0.1, 0.15) is 48.3 Å². The molecule has 1 aromatic carbocycles. The third kappa shape index (κ3) is 3.22. The molecule has 4 heterocycles. The largest absolute Gasteiger partial charge is 0.493 e. The highest BCUT2D eigenvalue weighted by Crippen LogP contribution is 2.42. The highest BCUT2D eigenvalue weighted by atomic mass is 16.5. The lowest BCUT2D eigenvalue weighted by atomic mass is 9.85. The summed E-state index contributed by atoms with van der Waals surface area (Å²) in [6.45, 7) is 6.50. The minimum Gasteiger partial charge on any atom is -0.493 e. The van der Waals surface area contributed by atoms with E-state index in [-0.39, 0.29) is 11.8 Å². The van der Waals surface area contributed by atoms with Gasteiger partial charge in [0.1, 0.15) is 11.6 Å². The number of carbonyl (C=O) groups excluding carboxylic acids is 1. The molecule has 31 heavy (non-hydrogen) atoms. The van der Waals surface area contributed by atoms with Gasteiger partial charge in [-0.3, -0.25) is 4.79 Å². The molecule has 1 aliphatic rings. The third-order valence-corrected chi connectivity index (χ3v) is 5.48. The second-order valence-electron chi connectivity index (χ2n) is 7.66. The van der Waals surface area contributed by atoms with E-state index in [0.717, 1.165) is 29.0 Å². The van der Waals surface area contributed by atoms with E-state index < -0.39 is 0 Å². The molecule has 0 saturated carbocycles. The first-order valence-corrected chi connectivity index (χ1v) is 10.4. The summed E-state index contributed by atoms with van der Waals surface area (Å²) in [4.78, 5) is 12.7. The van der Waals surface area contributed by atoms with Crippen molar-refractivity contribution in [3.8, 4) is 11.6 Å². The van der Waals surface area contributed by atoms with Gasteiger partial charge in [0.2, 0.25) is 5.91 Å². The number of aromatic nitrogens is 6. The Kier molecular flexibility index (Phi) is 4.65. The average Bonchev–Trinajstić information content (AvgIpc) is 3.31. The van der Waals surface area contributed by atoms with Gasteiger partial charge in [-0.05, 0) is 38.5 Å². The normalized spacial score (nSPS) is 15.7. The lowest BCUT2D eigenvalue weighted by Gasteiger charge is -2.25. The van der Waals surface area contributed by atoms with E-state index in [2.05, 4.69) is 27.5 Å². The Hall–Kier alpha value is -3.75. The van der Waals surface area contributed by atoms with E-state index in [1.54, 1.807) is 9.20 Å². The first-order valence-electron chi connectivity index (χ1n) is 10.4. The van der Waals surface area contributed by atoms with E-state index in [9.17, 15) is 4.79 Å². The first kappa shape index (κ1) is 19.2. The zero-order valence-electron chi connectivity index (χ0n) is 17.7. The number of hydrogen-bond acceptors (Lipinski definition) is 6. The summed E-state index contributed by atoms with van der Waals surface area (Å²) in [5.74, 6) is 2.49. The van der Waals surface area contributed by atoms with Crippen molar-refractivity contribution < 1.29 is 9.53 Å². The fourth-order valence-corrected chi connectivity index (χ4v) is 4.09. The Balaban J connectivity index is 1.64. The molecule has 9 heteroatoms. The summed E-state index contributed by atoms with van der Waals surface area (Å²) in [6.07, 6.45) is 1.25. The molecule has 3 aromatic heterocycles. The Bertz CT molecular complexity index is 1290. The second-order valence-corrected chi connectivity index (χ2v) is 7.66. The van der Waals surface area contributed by atoms with Crippen LogP contribution in [0.3, 0.4) is 0 Å². The molecule has 1 N–H and O–H groups in total. The van der Waals surface area contributed by atoms with Crippen LogP contribution in [-0.2, 0) is 4.79 Å². The molecule has 4 aromatic rings. The quantitative estimate of drug-likeness (QED) is 0.535. The van der Waals surface area contributed by atoms with E-state index in [0.29, 0.717) is 36.1 Å². The minimum atomic E-state index is -0.147. The highest BCUT2D eigenvalue weighted by Gasteiger charge is 2.34. The van der Waals surface area contributed by atoms with E-state index in [1.165, 1.54) is 0 Å². The molecule has 9 nitrogen and oxygen atoms in total. The summed E-state index contributed by atoms with van der Waals surface area (Å²) < 4.78 is 9.33. The van der Waals surface area contributed by atoms with Gasteiger partial charge < -0.3 is 10.1 Å². The summed E-state index contributed by atoms with van der Waals surface area (Å²) >= 11 is 0. The van der Waals surface area contributed by atoms with E-state index in [1.807, 2.05) is 50.2 Å². The van der Waals surface area contributed by atoms with Crippen molar-refractivity contribution >= 4 is 17.4 Å². The summed E-state index contributed by atoms with van der Waals surface area (Å²) in [5.41, 5.74) is 3.47. The van der Waals surface area contributed by atoms with Gasteiger partial charge in [0.25, 0.3) is 0 Å². The van der Waals surface area contributed by atoms with Crippen molar-refractivity contribution in [1.29, 1.82) is 0 Å². The molecular weight excluding hydrogens is 394 g/mol. The molecule has 0 saturated heterocycles. The summed E-state index contributed by atoms with van der Waals surface area (Å²) in [5, 5.41) is 20.5. The number of amides is 1. The standard InChI is InChI=1S/C22H23N7O2/c1-4-11-31-17-8-6-5-7-15(17)16-12-20(30)23-22-21(16)13(2)26-29(22)19-10-9-18-25-24-14(3)28(18)27-19/h5-10,16H,4,11-12H2,1-3H3,(H,23,30). The zero-order chi connectivity index (χ0) is 21.5. The molecule has 0 bridgehead atoms. The molecule has 1 amide bonds. The van der Waals surface area contributed by atoms with Crippen LogP contribution in [0.15, 0.2) is 36.4 Å². The van der Waals surface area contributed by atoms with Gasteiger partial charge >= 0.3 is 0 Å². The van der Waals surface area contributed by atoms with Gasteiger partial charge in [-0.15, -0.1) is 15.3 Å². The second kappa shape index (κ2) is 7.50. The number of nitrogens with zero attached hydrogens (tertiary/aromatic N) is 6. The molecule has 0 aliphatic carbocycles. The number of para-hydroxylation sites is 1. The monoisotopic (exact) mass is 417 g/mol. The molecule has 1 unspecified atom stereocenters. The molecule has 1 atom stereocenters. The maximum Gasteiger partial charge on any atom is 0.226 e. The fourth-order valence-electron chi connectivity index (χ4n) is 4.09. The van der Waals surface area contributed by atoms with Gasteiger partial charge in [0.15, 0.2) is 17.3 Å². The van der Waals surface area contributed by atoms with Crippen LogP contribution in [0.5, 0.6) is 5.75 Å². The fraction of sp³-hybridized carbons (Fsp3) is 0.318. The molecule has 1 aliphatic heterocycles. The Morgan fingerprint density at radius 1 is 1.13 bits per heavy atom. The van der Waals surface area contributed by atoms with Crippen LogP contribution < -0.4 is 10.1 Å². The Labute approximate surface area is 179 Å². The smallest absolute Gasteiger partial charge is 0.226 e. The van der Waals surface area contributed by atoms with Crippen molar-refractivity contribution in [2.75, 3.05) is 11.9 Å². The number of ether oxygens (including phenoxy) is 1. The number of nitrogens with one attached hydrogen (secondary N) is 1. The van der Waals surface area contributed by atoms with Crippen molar-refractivity contribution in [3.05, 3.63) is 59.0 Å². The van der Waals surface area contributed by atoms with Crippen LogP contribution in [0.25, 0.3) is 11.5 Å². The lowest BCUT2D eigenvalue weighted by Crippen LogP contribution is -2.25. The highest BCUT2D eigenvalue weighted by molar-refractivity contribution is 5.95. The molecule has 0 radical (unpaired) electrons. The lowest BCUT2D eigenvalue weighted by molar-refractivity contribution is -0.116. The Morgan fingerprint density at radius 3 is 2.81 bits per heavy atom. The number of aryl methyl sites for hydroxylation is 2. The number of rotatable bonds is 5. The van der Waals surface area contributed by atoms with Crippen LogP contribution in [0, 0.1) is 13.8 Å². The van der Waals surface area contributed by atoms with Crippen LogP contribution in [-0.4, -0.2) is 42.1 Å². The van der Waals surface area contributed by atoms with Gasteiger partial charge in [0.05, 0.1) is 12.3 Å². The van der Waals surface area contributed by atoms with Crippen molar-refractivity contribution in [2.45, 2.75) is 39.5 Å². The van der Waals surface area contributed by atoms with Crippen LogP contribution >= 0.6 is 0 Å². The van der Waals surface area contributed by atoms with Gasteiger partial charge in [-0.2, -0.15) is 14.3 Å². The van der Waals surface area contributed by atoms with Crippen molar-refractivity contribution in [2.24, 2.45) is 0 Å². The zero-order valence-corrected chi connectivity index (χ0v) is 17.7. The average molecular weight is 417 g/mol. The van der Waals surface area contributed by atoms with Gasteiger partial charge in [0, 0.05) is 23.5 Å². The molecule has 0 fully saturated rings. The van der Waals surface area contributed by atoms with Crippen LogP contribution in [0.2, 0.25) is 0 Å². The molecule has 0 spiro atoms. The van der Waals surface area contributed by atoms with Crippen molar-refractivity contribution in [3.63, 3.8) is 0 Å². The number of hydrogen-bond donors (Lipinski definition) is 1. The topological polar surface area (TPSA) is 99.2 Å². The predicted octanol–water partition coefficient (Wildman–Crippen LogP) is 3.19. The maximum absolute atomic E-state index is 12.7. The number of anilines is 1. The summed E-state index contributed by atoms with van der Waals surface area (Å²) in [6, 6.07) is 11.6.